The molecule has 224 valence electrons. The first kappa shape index (κ1) is 29.7. The number of hydrogen-bond acceptors (Lipinski definition) is 1. The predicted molar refractivity (Wildman–Crippen MR) is 186 cm³/mol. The van der Waals surface area contributed by atoms with Crippen LogP contribution in [-0.4, -0.2) is 23.9 Å². The number of benzene rings is 3. The molecule has 2 aliphatic heterocycles. The fourth-order valence-corrected chi connectivity index (χ4v) is 8.37. The van der Waals surface area contributed by atoms with Crippen LogP contribution in [0, 0.1) is 12.8 Å². The molecule has 1 unspecified atom stereocenters. The molecule has 0 aromatic heterocycles. The van der Waals surface area contributed by atoms with E-state index >= 15 is 0 Å². The average Bonchev–Trinajstić information content (AvgIpc) is 3.65. The first-order chi connectivity index (χ1) is 20.8. The third-order valence-electron chi connectivity index (χ3n) is 10.8. The largest absolute Gasteiger partial charge is 0.347 e. The first-order valence-corrected chi connectivity index (χ1v) is 16.8. The molecule has 1 aliphatic carbocycles. The third-order valence-corrected chi connectivity index (χ3v) is 10.8. The summed E-state index contributed by atoms with van der Waals surface area (Å²) in [7, 11) is 2.25. The number of allylic oxidation sites excluding steroid dienone is 6. The molecular formula is C41H51N2+. The Morgan fingerprint density at radius 1 is 0.977 bits per heavy atom. The monoisotopic (exact) mass is 571 g/mol. The van der Waals surface area contributed by atoms with E-state index in [1.54, 1.807) is 0 Å². The molecule has 0 amide bonds. The van der Waals surface area contributed by atoms with Gasteiger partial charge in [-0.1, -0.05) is 92.3 Å². The average molecular weight is 572 g/mol. The Kier molecular flexibility index (Phi) is 8.24. The van der Waals surface area contributed by atoms with Gasteiger partial charge in [0.15, 0.2) is 5.71 Å². The van der Waals surface area contributed by atoms with Crippen LogP contribution in [0.25, 0.3) is 10.8 Å². The first-order valence-electron chi connectivity index (χ1n) is 16.8. The molecule has 3 aliphatic rings. The second-order valence-corrected chi connectivity index (χ2v) is 14.1. The molecule has 2 heteroatoms. The number of hydrogen-bond donors (Lipinski definition) is 0. The van der Waals surface area contributed by atoms with Crippen molar-refractivity contribution in [3.8, 4) is 0 Å². The molecule has 2 heterocycles. The van der Waals surface area contributed by atoms with E-state index in [2.05, 4.69) is 136 Å². The molecular weight excluding hydrogens is 520 g/mol. The number of rotatable bonds is 9. The Hall–Kier alpha value is -3.39. The highest BCUT2D eigenvalue weighted by atomic mass is 15.2. The summed E-state index contributed by atoms with van der Waals surface area (Å²) in [5, 5.41) is 2.69. The highest BCUT2D eigenvalue weighted by molar-refractivity contribution is 6.03. The number of fused-ring (bicyclic) bond motifs is 4. The van der Waals surface area contributed by atoms with Gasteiger partial charge in [-0.2, -0.15) is 4.58 Å². The summed E-state index contributed by atoms with van der Waals surface area (Å²) in [6.45, 7) is 12.7. The van der Waals surface area contributed by atoms with Crippen LogP contribution >= 0.6 is 0 Å². The van der Waals surface area contributed by atoms with E-state index in [1.165, 1.54) is 95.2 Å². The molecule has 1 fully saturated rings. The maximum absolute atomic E-state index is 2.64. The lowest BCUT2D eigenvalue weighted by molar-refractivity contribution is -0.438. The highest BCUT2D eigenvalue weighted by Crippen LogP contribution is 2.52. The number of unbranched alkanes of at least 4 members (excludes halogenated alkanes) is 1. The van der Waals surface area contributed by atoms with Crippen molar-refractivity contribution in [2.75, 3.05) is 18.5 Å². The van der Waals surface area contributed by atoms with E-state index in [-0.39, 0.29) is 10.8 Å². The molecule has 1 atom stereocenters. The molecule has 0 N–H and O–H groups in total. The highest BCUT2D eigenvalue weighted by Gasteiger charge is 2.45. The molecule has 0 bridgehead atoms. The maximum Gasteiger partial charge on any atom is 0.209 e. The Bertz CT molecular complexity index is 1620. The molecule has 2 nitrogen and oxygen atoms in total. The van der Waals surface area contributed by atoms with Gasteiger partial charge in [-0.15, -0.1) is 0 Å². The summed E-state index contributed by atoms with van der Waals surface area (Å²) in [4.78, 5) is 2.43. The van der Waals surface area contributed by atoms with Crippen molar-refractivity contribution in [3.63, 3.8) is 0 Å². The van der Waals surface area contributed by atoms with Gasteiger partial charge in [-0.05, 0) is 87.9 Å². The second kappa shape index (κ2) is 11.9. The van der Waals surface area contributed by atoms with Gasteiger partial charge in [-0.3, -0.25) is 0 Å². The van der Waals surface area contributed by atoms with Crippen molar-refractivity contribution in [1.29, 1.82) is 0 Å². The minimum atomic E-state index is -0.0995. The van der Waals surface area contributed by atoms with E-state index in [1.807, 2.05) is 0 Å². The van der Waals surface area contributed by atoms with Gasteiger partial charge in [0.2, 0.25) is 5.69 Å². The van der Waals surface area contributed by atoms with Gasteiger partial charge >= 0.3 is 0 Å². The Morgan fingerprint density at radius 2 is 1.77 bits per heavy atom. The lowest BCUT2D eigenvalue weighted by atomic mass is 9.76. The molecule has 3 aromatic carbocycles. The standard InChI is InChI=1S/C41H51N2/c1-7-8-27-41(5)38(42(6)36-26-24-32-19-11-12-20-33(32)39(36)41)22-15-21-37-40(3,4)34-29-30(2)23-25-35(34)43(37)28-14-13-18-31-16-9-10-17-31/h7-8,11-12,15,19-26,29,31H,9-10,13-14,16-18,27-28H2,1-6H3/q+1/b8-7+. The molecule has 0 saturated heterocycles. The lowest BCUT2D eigenvalue weighted by Crippen LogP contribution is -2.28. The van der Waals surface area contributed by atoms with Crippen LogP contribution in [0.5, 0.6) is 0 Å². The number of likely N-dealkylation sites (N-methyl/N-ethyl adjacent to an activating group) is 1. The topological polar surface area (TPSA) is 6.25 Å². The summed E-state index contributed by atoms with van der Waals surface area (Å²) in [6, 6.07) is 20.5. The number of aryl methyl sites for hydroxylation is 1. The molecule has 43 heavy (non-hydrogen) atoms. The van der Waals surface area contributed by atoms with Crippen LogP contribution in [0.2, 0.25) is 0 Å². The normalized spacial score (nSPS) is 22.7. The predicted octanol–water partition coefficient (Wildman–Crippen LogP) is 10.7. The zero-order chi connectivity index (χ0) is 30.2. The van der Waals surface area contributed by atoms with Crippen molar-refractivity contribution in [3.05, 3.63) is 107 Å². The van der Waals surface area contributed by atoms with Crippen LogP contribution < -0.4 is 4.90 Å². The van der Waals surface area contributed by atoms with Crippen molar-refractivity contribution < 1.29 is 4.58 Å². The van der Waals surface area contributed by atoms with Crippen LogP contribution in [0.3, 0.4) is 0 Å². The summed E-state index contributed by atoms with van der Waals surface area (Å²) in [5.41, 5.74) is 9.64. The van der Waals surface area contributed by atoms with Gasteiger partial charge in [0.1, 0.15) is 6.54 Å². The van der Waals surface area contributed by atoms with Crippen molar-refractivity contribution in [1.82, 2.24) is 0 Å². The minimum Gasteiger partial charge on any atom is -0.347 e. The van der Waals surface area contributed by atoms with Crippen molar-refractivity contribution >= 4 is 27.9 Å². The SMILES string of the molecule is C/C=C/CC1(C)C(=CC=CC2=[N+](CCCCC3CCCC3)c3ccc(C)cc3C2(C)C)N(C)c2ccc3ccccc3c21. The third kappa shape index (κ3) is 5.32. The quantitative estimate of drug-likeness (QED) is 0.141. The second-order valence-electron chi connectivity index (χ2n) is 14.1. The van der Waals surface area contributed by atoms with E-state index < -0.39 is 0 Å². The zero-order valence-electron chi connectivity index (χ0n) is 27.4. The minimum absolute atomic E-state index is 0.0309. The fourth-order valence-electron chi connectivity index (χ4n) is 8.37. The Labute approximate surface area is 260 Å². The lowest BCUT2D eigenvalue weighted by Gasteiger charge is -2.28. The van der Waals surface area contributed by atoms with E-state index in [0.29, 0.717) is 0 Å². The summed E-state index contributed by atoms with van der Waals surface area (Å²) in [6.07, 6.45) is 22.5. The maximum atomic E-state index is 2.64. The summed E-state index contributed by atoms with van der Waals surface area (Å²) < 4.78 is 2.64. The van der Waals surface area contributed by atoms with Crippen LogP contribution in [0.1, 0.15) is 95.8 Å². The van der Waals surface area contributed by atoms with Gasteiger partial charge in [-0.25, -0.2) is 0 Å². The van der Waals surface area contributed by atoms with Gasteiger partial charge in [0.05, 0.1) is 5.41 Å². The molecule has 0 radical (unpaired) electrons. The van der Waals surface area contributed by atoms with E-state index in [4.69, 9.17) is 0 Å². The number of anilines is 1. The van der Waals surface area contributed by atoms with Crippen LogP contribution in [0.4, 0.5) is 11.4 Å². The van der Waals surface area contributed by atoms with Gasteiger partial charge < -0.3 is 4.90 Å². The molecule has 1 saturated carbocycles. The number of nitrogens with zero attached hydrogens (tertiary/aromatic N) is 2. The van der Waals surface area contributed by atoms with Crippen LogP contribution in [0.15, 0.2) is 90.7 Å². The van der Waals surface area contributed by atoms with E-state index in [9.17, 15) is 0 Å². The van der Waals surface area contributed by atoms with Gasteiger partial charge in [0, 0.05) is 48.0 Å². The molecule has 6 rings (SSSR count). The summed E-state index contributed by atoms with van der Waals surface area (Å²) >= 11 is 0. The zero-order valence-corrected chi connectivity index (χ0v) is 27.4. The molecule has 0 spiro atoms. The Morgan fingerprint density at radius 3 is 2.56 bits per heavy atom. The fraction of sp³-hybridized carbons (Fsp3) is 0.439. The van der Waals surface area contributed by atoms with Crippen molar-refractivity contribution in [2.45, 2.75) is 96.8 Å². The summed E-state index contributed by atoms with van der Waals surface area (Å²) in [5.74, 6) is 0.974. The molecule has 3 aromatic rings. The Balaban J connectivity index is 1.36. The van der Waals surface area contributed by atoms with Gasteiger partial charge in [0.25, 0.3) is 0 Å². The van der Waals surface area contributed by atoms with Crippen molar-refractivity contribution in [2.24, 2.45) is 5.92 Å². The smallest absolute Gasteiger partial charge is 0.209 e. The van der Waals surface area contributed by atoms with E-state index in [0.717, 1.165) is 18.9 Å². The van der Waals surface area contributed by atoms with Crippen LogP contribution in [-0.2, 0) is 10.8 Å².